The van der Waals surface area contributed by atoms with Gasteiger partial charge in [-0.05, 0) is 18.1 Å². The summed E-state index contributed by atoms with van der Waals surface area (Å²) in [5.74, 6) is 1.28. The average molecular weight is 272 g/mol. The van der Waals surface area contributed by atoms with Crippen LogP contribution in [0.25, 0.3) is 11.0 Å². The maximum Gasteiger partial charge on any atom is 0.232 e. The molecule has 0 saturated heterocycles. The summed E-state index contributed by atoms with van der Waals surface area (Å²) in [6, 6.07) is 7.46. The molecule has 0 saturated carbocycles. The summed E-state index contributed by atoms with van der Waals surface area (Å²) in [7, 11) is 0. The molecule has 0 aliphatic carbocycles. The Morgan fingerprint density at radius 3 is 2.75 bits per heavy atom. The van der Waals surface area contributed by atoms with E-state index >= 15 is 0 Å². The van der Waals surface area contributed by atoms with E-state index in [4.69, 9.17) is 14.8 Å². The van der Waals surface area contributed by atoms with Gasteiger partial charge < -0.3 is 14.8 Å². The van der Waals surface area contributed by atoms with Crippen molar-refractivity contribution >= 4 is 11.0 Å². The summed E-state index contributed by atoms with van der Waals surface area (Å²) < 4.78 is 10.5. The zero-order valence-electron chi connectivity index (χ0n) is 11.4. The van der Waals surface area contributed by atoms with Crippen molar-refractivity contribution in [1.82, 2.24) is 15.3 Å². The van der Waals surface area contributed by atoms with Crippen LogP contribution in [-0.4, -0.2) is 15.3 Å². The highest BCUT2D eigenvalue weighted by Gasteiger charge is 2.19. The number of nitrogens with zero attached hydrogens (tertiary/aromatic N) is 3. The summed E-state index contributed by atoms with van der Waals surface area (Å²) in [6.07, 6.45) is 0.439. The third-order valence-electron chi connectivity index (χ3n) is 3.27. The molecular formula is C14H16N4O2. The second-order valence-corrected chi connectivity index (χ2v) is 5.12. The van der Waals surface area contributed by atoms with Crippen LogP contribution in [0.2, 0.25) is 0 Å². The van der Waals surface area contributed by atoms with Gasteiger partial charge in [0, 0.05) is 5.39 Å². The fourth-order valence-electron chi connectivity index (χ4n) is 1.98. The Labute approximate surface area is 115 Å². The molecule has 1 aromatic carbocycles. The number of aromatic nitrogens is 3. The van der Waals surface area contributed by atoms with E-state index in [2.05, 4.69) is 15.3 Å². The summed E-state index contributed by atoms with van der Waals surface area (Å²) in [5.41, 5.74) is 7.53. The zero-order valence-corrected chi connectivity index (χ0v) is 11.4. The quantitative estimate of drug-likeness (QED) is 0.784. The van der Waals surface area contributed by atoms with E-state index in [1.54, 1.807) is 0 Å². The molecule has 0 amide bonds. The van der Waals surface area contributed by atoms with Gasteiger partial charge in [-0.25, -0.2) is 0 Å². The third-order valence-corrected chi connectivity index (χ3v) is 3.27. The van der Waals surface area contributed by atoms with Crippen molar-refractivity contribution in [2.24, 2.45) is 11.7 Å². The van der Waals surface area contributed by atoms with Crippen molar-refractivity contribution in [2.45, 2.75) is 26.3 Å². The first-order valence-electron chi connectivity index (χ1n) is 6.56. The van der Waals surface area contributed by atoms with Crippen LogP contribution < -0.4 is 5.73 Å². The fourth-order valence-corrected chi connectivity index (χ4v) is 1.98. The summed E-state index contributed by atoms with van der Waals surface area (Å²) in [5, 5.41) is 8.93. The van der Waals surface area contributed by atoms with Gasteiger partial charge in [-0.1, -0.05) is 36.3 Å². The Morgan fingerprint density at radius 1 is 1.15 bits per heavy atom. The van der Waals surface area contributed by atoms with Gasteiger partial charge in [-0.15, -0.1) is 0 Å². The first kappa shape index (κ1) is 12.8. The highest BCUT2D eigenvalue weighted by molar-refractivity contribution is 5.79. The molecule has 0 spiro atoms. The highest BCUT2D eigenvalue weighted by atomic mass is 16.5. The summed E-state index contributed by atoms with van der Waals surface area (Å²) in [4.78, 5) is 4.33. The van der Waals surface area contributed by atoms with Crippen LogP contribution in [0.5, 0.6) is 0 Å². The predicted octanol–water partition coefficient (Wildman–Crippen LogP) is 2.46. The Bertz CT molecular complexity index is 717. The van der Waals surface area contributed by atoms with Crippen molar-refractivity contribution in [3.63, 3.8) is 0 Å². The molecule has 0 aliphatic rings. The van der Waals surface area contributed by atoms with E-state index in [0.717, 1.165) is 16.7 Å². The Balaban J connectivity index is 1.85. The number of para-hydroxylation sites is 1. The standard InChI is InChI=1S/C14H16N4O2/c1-8(2)13(15)14-16-12(20-18-14)7-10-9-5-3-4-6-11(9)19-17-10/h3-6,8,13H,7,15H2,1-2H3. The third kappa shape index (κ3) is 2.30. The van der Waals surface area contributed by atoms with E-state index in [9.17, 15) is 0 Å². The van der Waals surface area contributed by atoms with Crippen molar-refractivity contribution < 1.29 is 9.05 Å². The molecule has 0 bridgehead atoms. The molecule has 1 unspecified atom stereocenters. The maximum absolute atomic E-state index is 6.00. The SMILES string of the molecule is CC(C)C(N)c1noc(Cc2noc3ccccc23)n1. The maximum atomic E-state index is 6.00. The first-order chi connectivity index (χ1) is 9.65. The van der Waals surface area contributed by atoms with Gasteiger partial charge in [-0.2, -0.15) is 4.98 Å². The van der Waals surface area contributed by atoms with Gasteiger partial charge in [0.1, 0.15) is 5.69 Å². The lowest BCUT2D eigenvalue weighted by molar-refractivity contribution is 0.364. The minimum Gasteiger partial charge on any atom is -0.356 e. The second-order valence-electron chi connectivity index (χ2n) is 5.12. The predicted molar refractivity (Wildman–Crippen MR) is 72.9 cm³/mol. The molecule has 1 atom stereocenters. The van der Waals surface area contributed by atoms with E-state index in [-0.39, 0.29) is 12.0 Å². The number of fused-ring (bicyclic) bond motifs is 1. The number of nitrogens with two attached hydrogens (primary N) is 1. The number of benzene rings is 1. The molecule has 20 heavy (non-hydrogen) atoms. The van der Waals surface area contributed by atoms with E-state index in [1.807, 2.05) is 38.1 Å². The van der Waals surface area contributed by atoms with Crippen LogP contribution in [0, 0.1) is 5.92 Å². The van der Waals surface area contributed by atoms with Gasteiger partial charge >= 0.3 is 0 Å². The van der Waals surface area contributed by atoms with Crippen LogP contribution in [0.4, 0.5) is 0 Å². The minimum atomic E-state index is -0.221. The molecule has 3 aromatic rings. The summed E-state index contributed by atoms with van der Waals surface area (Å²) >= 11 is 0. The normalized spacial score (nSPS) is 13.2. The molecule has 2 aromatic heterocycles. The molecule has 0 radical (unpaired) electrons. The lowest BCUT2D eigenvalue weighted by Crippen LogP contribution is -2.18. The number of rotatable bonds is 4. The fraction of sp³-hybridized carbons (Fsp3) is 0.357. The van der Waals surface area contributed by atoms with Gasteiger partial charge in [0.15, 0.2) is 11.4 Å². The van der Waals surface area contributed by atoms with Crippen LogP contribution in [0.15, 0.2) is 33.3 Å². The number of hydrogen-bond acceptors (Lipinski definition) is 6. The minimum absolute atomic E-state index is 0.221. The van der Waals surface area contributed by atoms with E-state index < -0.39 is 0 Å². The average Bonchev–Trinajstić information content (AvgIpc) is 3.06. The monoisotopic (exact) mass is 272 g/mol. The number of hydrogen-bond donors (Lipinski definition) is 1. The molecule has 3 rings (SSSR count). The molecule has 2 heterocycles. The second kappa shape index (κ2) is 5.05. The molecule has 6 heteroatoms. The van der Waals surface area contributed by atoms with Gasteiger partial charge in [-0.3, -0.25) is 0 Å². The smallest absolute Gasteiger partial charge is 0.232 e. The Morgan fingerprint density at radius 2 is 1.95 bits per heavy atom. The van der Waals surface area contributed by atoms with Crippen molar-refractivity contribution in [1.29, 1.82) is 0 Å². The topological polar surface area (TPSA) is 91.0 Å². The zero-order chi connectivity index (χ0) is 14.1. The molecule has 2 N–H and O–H groups in total. The lowest BCUT2D eigenvalue weighted by Gasteiger charge is -2.09. The summed E-state index contributed by atoms with van der Waals surface area (Å²) in [6.45, 7) is 4.04. The van der Waals surface area contributed by atoms with Crippen LogP contribution in [0.1, 0.15) is 37.3 Å². The van der Waals surface area contributed by atoms with Gasteiger partial charge in [0.25, 0.3) is 0 Å². The van der Waals surface area contributed by atoms with Crippen LogP contribution in [-0.2, 0) is 6.42 Å². The van der Waals surface area contributed by atoms with Crippen molar-refractivity contribution in [3.8, 4) is 0 Å². The highest BCUT2D eigenvalue weighted by Crippen LogP contribution is 2.21. The largest absolute Gasteiger partial charge is 0.356 e. The molecule has 6 nitrogen and oxygen atoms in total. The van der Waals surface area contributed by atoms with E-state index in [0.29, 0.717) is 18.1 Å². The molecular weight excluding hydrogens is 256 g/mol. The van der Waals surface area contributed by atoms with Gasteiger partial charge in [0.2, 0.25) is 5.89 Å². The molecule has 0 fully saturated rings. The van der Waals surface area contributed by atoms with Crippen LogP contribution >= 0.6 is 0 Å². The van der Waals surface area contributed by atoms with Crippen molar-refractivity contribution in [2.75, 3.05) is 0 Å². The van der Waals surface area contributed by atoms with Gasteiger partial charge in [0.05, 0.1) is 12.5 Å². The van der Waals surface area contributed by atoms with E-state index in [1.165, 1.54) is 0 Å². The Kier molecular flexibility index (Phi) is 3.23. The molecule has 0 aliphatic heterocycles. The lowest BCUT2D eigenvalue weighted by atomic mass is 10.1. The first-order valence-corrected chi connectivity index (χ1v) is 6.56. The van der Waals surface area contributed by atoms with Crippen molar-refractivity contribution in [3.05, 3.63) is 41.7 Å². The Hall–Kier alpha value is -2.21. The van der Waals surface area contributed by atoms with Crippen LogP contribution in [0.3, 0.4) is 0 Å². The molecule has 104 valence electrons.